The molecule has 2 N–H and O–H groups in total. The van der Waals surface area contributed by atoms with Gasteiger partial charge in [-0.25, -0.2) is 14.9 Å². The van der Waals surface area contributed by atoms with E-state index in [2.05, 4.69) is 21.8 Å². The second-order valence-electron chi connectivity index (χ2n) is 8.78. The number of nitrogens with zero attached hydrogens (tertiary/aromatic N) is 3. The molecule has 4 saturated carbocycles. The van der Waals surface area contributed by atoms with Crippen molar-refractivity contribution in [2.45, 2.75) is 61.4 Å². The lowest BCUT2D eigenvalue weighted by molar-refractivity contribution is -0.00958. The molecular formula is C20H25N5O2S. The van der Waals surface area contributed by atoms with Crippen molar-refractivity contribution in [2.24, 2.45) is 17.8 Å². The zero-order chi connectivity index (χ0) is 19.3. The van der Waals surface area contributed by atoms with Crippen LogP contribution in [0, 0.1) is 17.8 Å². The summed E-state index contributed by atoms with van der Waals surface area (Å²) in [5.41, 5.74) is 0.476. The van der Waals surface area contributed by atoms with Crippen molar-refractivity contribution >= 4 is 11.8 Å². The first-order valence-electron chi connectivity index (χ1n) is 10.0. The number of hydrogen-bond acceptors (Lipinski definition) is 5. The Labute approximate surface area is 167 Å². The molecule has 4 aliphatic carbocycles. The van der Waals surface area contributed by atoms with Gasteiger partial charge in [-0.05, 0) is 56.3 Å². The number of aromatic nitrogens is 5. The summed E-state index contributed by atoms with van der Waals surface area (Å²) < 4.78 is 1.53. The summed E-state index contributed by atoms with van der Waals surface area (Å²) in [4.78, 5) is 32.2. The van der Waals surface area contributed by atoms with Gasteiger partial charge in [0.05, 0.1) is 5.69 Å². The Hall–Kier alpha value is -2.09. The number of nitrogens with one attached hydrogen (secondary N) is 2. The summed E-state index contributed by atoms with van der Waals surface area (Å²) in [7, 11) is 0. The highest BCUT2D eigenvalue weighted by molar-refractivity contribution is 7.98. The molecule has 0 radical (unpaired) electrons. The third-order valence-electron chi connectivity index (χ3n) is 6.72. The third-order valence-corrected chi connectivity index (χ3v) is 7.73. The van der Waals surface area contributed by atoms with Gasteiger partial charge in [0, 0.05) is 23.8 Å². The first-order valence-corrected chi connectivity index (χ1v) is 11.0. The van der Waals surface area contributed by atoms with Crippen LogP contribution in [0.15, 0.2) is 33.5 Å². The average Bonchev–Trinajstić information content (AvgIpc) is 2.99. The van der Waals surface area contributed by atoms with E-state index in [-0.39, 0.29) is 16.7 Å². The molecule has 8 heteroatoms. The molecule has 4 bridgehead atoms. The lowest BCUT2D eigenvalue weighted by Gasteiger charge is -2.56. The average molecular weight is 400 g/mol. The van der Waals surface area contributed by atoms with E-state index in [1.54, 1.807) is 12.1 Å². The maximum Gasteiger partial charge on any atom is 0.344 e. The van der Waals surface area contributed by atoms with Gasteiger partial charge in [-0.1, -0.05) is 17.8 Å². The van der Waals surface area contributed by atoms with Crippen LogP contribution in [0.4, 0.5) is 0 Å². The standard InChI is InChI=1S/C20H25N5O2S/c1-2-3-25-18(27)23-24-19(25)28-11-15-7-16(26)22-17(21-15)20-8-12-4-13(9-20)6-14(5-12)10-20/h2,7,12-14H,1,3-6,8-11H2,(H,23,27)(H,21,22,26). The van der Waals surface area contributed by atoms with Crippen molar-refractivity contribution in [3.63, 3.8) is 0 Å². The molecular weight excluding hydrogens is 374 g/mol. The topological polar surface area (TPSA) is 96.4 Å². The molecule has 2 aromatic heterocycles. The summed E-state index contributed by atoms with van der Waals surface area (Å²) >= 11 is 1.41. The first-order chi connectivity index (χ1) is 13.5. The number of H-pyrrole nitrogens is 2. The van der Waals surface area contributed by atoms with E-state index in [1.165, 1.54) is 35.6 Å². The van der Waals surface area contributed by atoms with Crippen molar-refractivity contribution in [3.05, 3.63) is 51.1 Å². The normalized spacial score (nSPS) is 30.6. The monoisotopic (exact) mass is 399 g/mol. The summed E-state index contributed by atoms with van der Waals surface area (Å²) in [6.45, 7) is 4.08. The van der Waals surface area contributed by atoms with Crippen molar-refractivity contribution in [1.82, 2.24) is 24.7 Å². The minimum Gasteiger partial charge on any atom is -0.310 e. The van der Waals surface area contributed by atoms with Crippen LogP contribution in [0.1, 0.15) is 50.0 Å². The molecule has 0 aromatic carbocycles. The number of thioether (sulfide) groups is 1. The quantitative estimate of drug-likeness (QED) is 0.575. The number of allylic oxidation sites excluding steroid dienone is 1. The Bertz CT molecular complexity index is 985. The van der Waals surface area contributed by atoms with E-state index in [0.717, 1.165) is 48.5 Å². The molecule has 7 nitrogen and oxygen atoms in total. The number of hydrogen-bond donors (Lipinski definition) is 2. The van der Waals surface area contributed by atoms with Crippen LogP contribution >= 0.6 is 11.8 Å². The highest BCUT2D eigenvalue weighted by atomic mass is 32.2. The molecule has 6 rings (SSSR count). The van der Waals surface area contributed by atoms with Crippen molar-refractivity contribution in [3.8, 4) is 0 Å². The fourth-order valence-corrected chi connectivity index (χ4v) is 6.92. The minimum absolute atomic E-state index is 0.0614. The van der Waals surface area contributed by atoms with Gasteiger partial charge in [0.1, 0.15) is 5.82 Å². The highest BCUT2D eigenvalue weighted by Crippen LogP contribution is 2.60. The molecule has 0 unspecified atom stereocenters. The Morgan fingerprint density at radius 2 is 1.89 bits per heavy atom. The van der Waals surface area contributed by atoms with Gasteiger partial charge in [-0.15, -0.1) is 11.7 Å². The maximum absolute atomic E-state index is 12.4. The van der Waals surface area contributed by atoms with E-state index in [9.17, 15) is 9.59 Å². The second-order valence-corrected chi connectivity index (χ2v) is 9.73. The van der Waals surface area contributed by atoms with E-state index >= 15 is 0 Å². The molecule has 4 aliphatic rings. The molecule has 148 valence electrons. The van der Waals surface area contributed by atoms with Crippen LogP contribution in [0.5, 0.6) is 0 Å². The van der Waals surface area contributed by atoms with E-state index in [4.69, 9.17) is 4.98 Å². The molecule has 0 atom stereocenters. The van der Waals surface area contributed by atoms with Crippen LogP contribution in [0.25, 0.3) is 0 Å². The molecule has 2 aromatic rings. The lowest BCUT2D eigenvalue weighted by Crippen LogP contribution is -2.49. The Morgan fingerprint density at radius 1 is 1.21 bits per heavy atom. The fourth-order valence-electron chi connectivity index (χ4n) is 6.08. The fraction of sp³-hybridized carbons (Fsp3) is 0.600. The molecule has 4 fully saturated rings. The lowest BCUT2D eigenvalue weighted by atomic mass is 9.49. The maximum atomic E-state index is 12.4. The van der Waals surface area contributed by atoms with Gasteiger partial charge in [0.25, 0.3) is 5.56 Å². The second kappa shape index (κ2) is 6.76. The van der Waals surface area contributed by atoms with Crippen LogP contribution in [0.2, 0.25) is 0 Å². The SMILES string of the molecule is C=CCn1c(SCc2cc(=O)[nH]c(C34CC5CC(CC(C5)C3)C4)n2)n[nH]c1=O. The summed E-state index contributed by atoms with van der Waals surface area (Å²) in [6, 6.07) is 1.57. The Morgan fingerprint density at radius 3 is 2.54 bits per heavy atom. The van der Waals surface area contributed by atoms with Gasteiger partial charge in [0.15, 0.2) is 5.16 Å². The van der Waals surface area contributed by atoms with Gasteiger partial charge in [0.2, 0.25) is 0 Å². The number of aromatic amines is 2. The Balaban J connectivity index is 1.41. The summed E-state index contributed by atoms with van der Waals surface area (Å²) in [5, 5.41) is 7.13. The van der Waals surface area contributed by atoms with Crippen molar-refractivity contribution in [2.75, 3.05) is 0 Å². The van der Waals surface area contributed by atoms with Crippen LogP contribution in [0.3, 0.4) is 0 Å². The minimum atomic E-state index is -0.254. The Kier molecular flexibility index (Phi) is 4.34. The first kappa shape index (κ1) is 18.0. The van der Waals surface area contributed by atoms with Gasteiger partial charge in [-0.3, -0.25) is 9.36 Å². The van der Waals surface area contributed by atoms with E-state index in [1.807, 2.05) is 0 Å². The number of rotatable bonds is 6. The summed E-state index contributed by atoms with van der Waals surface area (Å²) in [6.07, 6.45) is 9.24. The zero-order valence-electron chi connectivity index (χ0n) is 15.8. The van der Waals surface area contributed by atoms with Crippen LogP contribution in [-0.4, -0.2) is 24.7 Å². The third kappa shape index (κ3) is 3.07. The molecule has 28 heavy (non-hydrogen) atoms. The predicted molar refractivity (Wildman–Crippen MR) is 107 cm³/mol. The van der Waals surface area contributed by atoms with Gasteiger partial charge in [-0.2, -0.15) is 0 Å². The van der Waals surface area contributed by atoms with Gasteiger partial charge >= 0.3 is 5.69 Å². The van der Waals surface area contributed by atoms with Gasteiger partial charge < -0.3 is 4.98 Å². The van der Waals surface area contributed by atoms with Crippen LogP contribution < -0.4 is 11.2 Å². The molecule has 0 spiro atoms. The van der Waals surface area contributed by atoms with E-state index < -0.39 is 0 Å². The highest BCUT2D eigenvalue weighted by Gasteiger charge is 2.52. The molecule has 0 aliphatic heterocycles. The smallest absolute Gasteiger partial charge is 0.310 e. The molecule has 2 heterocycles. The molecule has 0 saturated heterocycles. The zero-order valence-corrected chi connectivity index (χ0v) is 16.6. The van der Waals surface area contributed by atoms with Crippen LogP contribution in [-0.2, 0) is 17.7 Å². The summed E-state index contributed by atoms with van der Waals surface area (Å²) in [5.74, 6) is 3.79. The largest absolute Gasteiger partial charge is 0.344 e. The van der Waals surface area contributed by atoms with Crippen molar-refractivity contribution < 1.29 is 0 Å². The predicted octanol–water partition coefficient (Wildman–Crippen LogP) is 2.60. The van der Waals surface area contributed by atoms with Crippen molar-refractivity contribution in [1.29, 1.82) is 0 Å². The molecule has 0 amide bonds. The van der Waals surface area contributed by atoms with E-state index in [0.29, 0.717) is 17.5 Å².